The summed E-state index contributed by atoms with van der Waals surface area (Å²) in [7, 11) is 0. The fourth-order valence-electron chi connectivity index (χ4n) is 0.654. The van der Waals surface area contributed by atoms with E-state index in [-0.39, 0.29) is 9.35 Å². The van der Waals surface area contributed by atoms with Crippen molar-refractivity contribution in [3.05, 3.63) is 20.3 Å². The molecule has 0 spiro atoms. The lowest BCUT2D eigenvalue weighted by molar-refractivity contribution is -0.134. The molecular weight excluding hydrogens is 273 g/mol. The van der Waals surface area contributed by atoms with Gasteiger partial charge in [-0.1, -0.05) is 0 Å². The molecule has 1 heterocycles. The van der Waals surface area contributed by atoms with Crippen LogP contribution >= 0.6 is 27.3 Å². The highest BCUT2D eigenvalue weighted by molar-refractivity contribution is 9.11. The van der Waals surface area contributed by atoms with Crippen molar-refractivity contribution in [3.8, 4) is 0 Å². The first-order valence-electron chi connectivity index (χ1n) is 2.92. The summed E-state index contributed by atoms with van der Waals surface area (Å²) in [6.07, 6.45) is -4.49. The summed E-state index contributed by atoms with van der Waals surface area (Å²) in [5.41, 5.74) is -0.364. The van der Waals surface area contributed by atoms with Gasteiger partial charge in [0.15, 0.2) is 0 Å². The minimum atomic E-state index is -4.49. The van der Waals surface area contributed by atoms with Crippen LogP contribution in [-0.2, 0) is 6.18 Å². The predicted molar refractivity (Wildman–Crippen MR) is 44.0 cm³/mol. The van der Waals surface area contributed by atoms with Crippen LogP contribution in [0.2, 0.25) is 0 Å². The van der Waals surface area contributed by atoms with E-state index in [2.05, 4.69) is 15.9 Å². The summed E-state index contributed by atoms with van der Waals surface area (Å²) in [5.74, 6) is -1.38. The SMILES string of the molecule is O=C(O)c1cc(C(F)(F)F)sc1Br. The van der Waals surface area contributed by atoms with E-state index in [1.165, 1.54) is 0 Å². The van der Waals surface area contributed by atoms with Crippen molar-refractivity contribution in [2.24, 2.45) is 0 Å². The van der Waals surface area contributed by atoms with Crippen LogP contribution in [0.1, 0.15) is 15.2 Å². The molecule has 0 aliphatic rings. The fraction of sp³-hybridized carbons (Fsp3) is 0.167. The van der Waals surface area contributed by atoms with Gasteiger partial charge in [0.1, 0.15) is 4.88 Å². The molecule has 1 rings (SSSR count). The molecule has 0 amide bonds. The molecule has 0 saturated heterocycles. The normalized spacial score (nSPS) is 11.7. The van der Waals surface area contributed by atoms with E-state index in [9.17, 15) is 18.0 Å². The number of thiophene rings is 1. The molecule has 1 aromatic heterocycles. The molecule has 0 bridgehead atoms. The van der Waals surface area contributed by atoms with Crippen molar-refractivity contribution in [1.29, 1.82) is 0 Å². The van der Waals surface area contributed by atoms with Gasteiger partial charge in [-0.25, -0.2) is 4.79 Å². The van der Waals surface area contributed by atoms with Gasteiger partial charge in [0, 0.05) is 0 Å². The Labute approximate surface area is 83.1 Å². The number of carbonyl (C=O) groups is 1. The summed E-state index contributed by atoms with van der Waals surface area (Å²) in [5, 5.41) is 8.45. The first-order chi connectivity index (χ1) is 5.82. The lowest BCUT2D eigenvalue weighted by atomic mass is 10.3. The number of hydrogen-bond donors (Lipinski definition) is 1. The fourth-order valence-corrected chi connectivity index (χ4v) is 2.20. The van der Waals surface area contributed by atoms with Crippen molar-refractivity contribution < 1.29 is 23.1 Å². The van der Waals surface area contributed by atoms with Crippen molar-refractivity contribution >= 4 is 33.2 Å². The molecule has 0 fully saturated rings. The van der Waals surface area contributed by atoms with Crippen LogP contribution in [-0.4, -0.2) is 11.1 Å². The third-order valence-electron chi connectivity index (χ3n) is 1.20. The second-order valence-electron chi connectivity index (χ2n) is 2.10. The molecule has 0 aliphatic carbocycles. The second kappa shape index (κ2) is 3.30. The van der Waals surface area contributed by atoms with Gasteiger partial charge in [-0.3, -0.25) is 0 Å². The topological polar surface area (TPSA) is 37.3 Å². The number of rotatable bonds is 1. The monoisotopic (exact) mass is 274 g/mol. The third-order valence-corrected chi connectivity index (χ3v) is 3.08. The molecule has 0 radical (unpaired) electrons. The van der Waals surface area contributed by atoms with Gasteiger partial charge in [0.2, 0.25) is 0 Å². The van der Waals surface area contributed by atoms with E-state index >= 15 is 0 Å². The smallest absolute Gasteiger partial charge is 0.425 e. The van der Waals surface area contributed by atoms with Crippen LogP contribution < -0.4 is 0 Å². The first-order valence-corrected chi connectivity index (χ1v) is 4.53. The first kappa shape index (κ1) is 10.5. The molecule has 0 atom stereocenters. The summed E-state index contributed by atoms with van der Waals surface area (Å²) < 4.78 is 36.1. The minimum absolute atomic E-state index is 0.0210. The van der Waals surface area contributed by atoms with E-state index in [1.54, 1.807) is 0 Å². The number of aromatic carboxylic acids is 1. The second-order valence-corrected chi connectivity index (χ2v) is 4.47. The molecule has 13 heavy (non-hydrogen) atoms. The maximum absolute atomic E-state index is 12.0. The largest absolute Gasteiger partial charge is 0.478 e. The summed E-state index contributed by atoms with van der Waals surface area (Å²) in [4.78, 5) is 9.45. The summed E-state index contributed by atoms with van der Waals surface area (Å²) >= 11 is 3.11. The Morgan fingerprint density at radius 1 is 1.54 bits per heavy atom. The van der Waals surface area contributed by atoms with Crippen LogP contribution in [0.5, 0.6) is 0 Å². The van der Waals surface area contributed by atoms with Gasteiger partial charge in [0.25, 0.3) is 0 Å². The number of carboxylic acid groups (broad SMARTS) is 1. The maximum atomic E-state index is 12.0. The average Bonchev–Trinajstić information content (AvgIpc) is 2.29. The highest BCUT2D eigenvalue weighted by atomic mass is 79.9. The third kappa shape index (κ3) is 2.22. The Morgan fingerprint density at radius 2 is 2.08 bits per heavy atom. The van der Waals surface area contributed by atoms with Crippen LogP contribution in [0.15, 0.2) is 9.85 Å². The van der Waals surface area contributed by atoms with Crippen LogP contribution in [0.3, 0.4) is 0 Å². The van der Waals surface area contributed by atoms with Crippen molar-refractivity contribution in [2.75, 3.05) is 0 Å². The highest BCUT2D eigenvalue weighted by Gasteiger charge is 2.34. The van der Waals surface area contributed by atoms with Gasteiger partial charge < -0.3 is 5.11 Å². The van der Waals surface area contributed by atoms with Gasteiger partial charge in [-0.05, 0) is 22.0 Å². The lowest BCUT2D eigenvalue weighted by Crippen LogP contribution is -2.01. The Bertz CT molecular complexity index is 344. The molecule has 1 aromatic rings. The van der Waals surface area contributed by atoms with E-state index in [4.69, 9.17) is 5.11 Å². The molecule has 72 valence electrons. The molecule has 0 aromatic carbocycles. The van der Waals surface area contributed by atoms with E-state index in [0.717, 1.165) is 0 Å². The number of alkyl halides is 3. The lowest BCUT2D eigenvalue weighted by Gasteiger charge is -1.99. The van der Waals surface area contributed by atoms with Crippen LogP contribution in [0, 0.1) is 0 Å². The quantitative estimate of drug-likeness (QED) is 0.854. The van der Waals surface area contributed by atoms with Gasteiger partial charge >= 0.3 is 12.1 Å². The molecule has 2 nitrogen and oxygen atoms in total. The molecule has 0 saturated carbocycles. The molecule has 7 heteroatoms. The predicted octanol–water partition coefficient (Wildman–Crippen LogP) is 3.23. The highest BCUT2D eigenvalue weighted by Crippen LogP contribution is 2.38. The number of carboxylic acids is 1. The summed E-state index contributed by atoms with van der Waals surface area (Å²) in [6.45, 7) is 0. The molecule has 1 N–H and O–H groups in total. The van der Waals surface area contributed by atoms with Gasteiger partial charge in [-0.2, -0.15) is 13.2 Å². The zero-order valence-corrected chi connectivity index (χ0v) is 8.26. The standard InChI is InChI=1S/C6H2BrF3O2S/c7-4-2(5(11)12)1-3(13-4)6(8,9)10/h1H,(H,11,12). The summed E-state index contributed by atoms with van der Waals surface area (Å²) in [6, 6.07) is 0.608. The Balaban J connectivity index is 3.17. The molecule has 0 aliphatic heterocycles. The zero-order valence-electron chi connectivity index (χ0n) is 5.85. The Morgan fingerprint density at radius 3 is 2.31 bits per heavy atom. The van der Waals surface area contributed by atoms with E-state index in [0.29, 0.717) is 17.4 Å². The van der Waals surface area contributed by atoms with Crippen molar-refractivity contribution in [3.63, 3.8) is 0 Å². The van der Waals surface area contributed by atoms with Gasteiger partial charge in [-0.15, -0.1) is 11.3 Å². The van der Waals surface area contributed by atoms with E-state index in [1.807, 2.05) is 0 Å². The number of hydrogen-bond acceptors (Lipinski definition) is 2. The van der Waals surface area contributed by atoms with Crippen molar-refractivity contribution in [1.82, 2.24) is 0 Å². The Hall–Kier alpha value is -0.560. The maximum Gasteiger partial charge on any atom is 0.425 e. The zero-order chi connectivity index (χ0) is 10.2. The van der Waals surface area contributed by atoms with E-state index < -0.39 is 17.0 Å². The van der Waals surface area contributed by atoms with Crippen LogP contribution in [0.25, 0.3) is 0 Å². The molecule has 0 unspecified atom stereocenters. The average molecular weight is 275 g/mol. The molecular formula is C6H2BrF3O2S. The van der Waals surface area contributed by atoms with Gasteiger partial charge in [0.05, 0.1) is 9.35 Å². The Kier molecular flexibility index (Phi) is 2.67. The minimum Gasteiger partial charge on any atom is -0.478 e. The van der Waals surface area contributed by atoms with Crippen LogP contribution in [0.4, 0.5) is 13.2 Å². The van der Waals surface area contributed by atoms with Crippen molar-refractivity contribution in [2.45, 2.75) is 6.18 Å². The number of halogens is 4.